The van der Waals surface area contributed by atoms with E-state index in [-0.39, 0.29) is 6.03 Å². The van der Waals surface area contributed by atoms with Gasteiger partial charge >= 0.3 is 6.03 Å². The van der Waals surface area contributed by atoms with Gasteiger partial charge in [-0.1, -0.05) is 12.8 Å². The van der Waals surface area contributed by atoms with Crippen LogP contribution < -0.4 is 10.2 Å². The summed E-state index contributed by atoms with van der Waals surface area (Å²) in [6, 6.07) is 2.65. The van der Waals surface area contributed by atoms with Gasteiger partial charge in [0.25, 0.3) is 0 Å². The molecule has 7 nitrogen and oxygen atoms in total. The van der Waals surface area contributed by atoms with E-state index in [1.165, 1.54) is 25.7 Å². The highest BCUT2D eigenvalue weighted by Crippen LogP contribution is 2.25. The summed E-state index contributed by atoms with van der Waals surface area (Å²) in [5.41, 5.74) is 0. The molecule has 2 saturated heterocycles. The third-order valence-electron chi connectivity index (χ3n) is 5.76. The lowest BCUT2D eigenvalue weighted by molar-refractivity contribution is 0.187. The molecule has 1 aromatic rings. The number of likely N-dealkylation sites (tertiary alicyclic amines) is 1. The number of carbonyl (C=O) groups is 1. The third-order valence-corrected chi connectivity index (χ3v) is 5.76. The predicted molar refractivity (Wildman–Crippen MR) is 97.9 cm³/mol. The molecule has 0 unspecified atom stereocenters. The molecule has 3 fully saturated rings. The second kappa shape index (κ2) is 7.56. The van der Waals surface area contributed by atoms with E-state index in [0.717, 1.165) is 64.0 Å². The minimum absolute atomic E-state index is 0.0480. The highest BCUT2D eigenvalue weighted by molar-refractivity contribution is 5.88. The fraction of sp³-hybridized carbons (Fsp3) is 0.722. The molecule has 2 aliphatic heterocycles. The first kappa shape index (κ1) is 16.6. The van der Waals surface area contributed by atoms with Gasteiger partial charge in [-0.05, 0) is 25.7 Å². The van der Waals surface area contributed by atoms with Crippen LogP contribution in [0.1, 0.15) is 38.5 Å². The minimum atomic E-state index is -0.0480. The topological polar surface area (TPSA) is 64.6 Å². The molecule has 1 saturated carbocycles. The van der Waals surface area contributed by atoms with E-state index in [0.29, 0.717) is 5.82 Å². The summed E-state index contributed by atoms with van der Waals surface area (Å²) in [5.74, 6) is 1.51. The van der Waals surface area contributed by atoms with Crippen LogP contribution in [0.25, 0.3) is 0 Å². The monoisotopic (exact) mass is 344 g/mol. The van der Waals surface area contributed by atoms with Crippen LogP contribution in [0.4, 0.5) is 16.4 Å². The lowest BCUT2D eigenvalue weighted by atomic mass is 10.2. The standard InChI is InChI=1S/C18H28N6O/c25-18(24-7-3-4-8-24)21-16-13-17(20-14-19-16)23-11-9-22(10-12-23)15-5-1-2-6-15/h13-15H,1-12H2,(H,19,20,21,25). The van der Waals surface area contributed by atoms with E-state index < -0.39 is 0 Å². The van der Waals surface area contributed by atoms with Crippen LogP contribution in [-0.4, -0.2) is 71.1 Å². The van der Waals surface area contributed by atoms with Crippen molar-refractivity contribution >= 4 is 17.7 Å². The first-order valence-electron chi connectivity index (χ1n) is 9.66. The summed E-state index contributed by atoms with van der Waals surface area (Å²) in [4.78, 5) is 27.7. The van der Waals surface area contributed by atoms with Crippen molar-refractivity contribution in [2.75, 3.05) is 49.5 Å². The van der Waals surface area contributed by atoms with Gasteiger partial charge in [0.15, 0.2) is 0 Å². The van der Waals surface area contributed by atoms with Crippen molar-refractivity contribution in [3.63, 3.8) is 0 Å². The molecule has 3 heterocycles. The van der Waals surface area contributed by atoms with Gasteiger partial charge in [-0.2, -0.15) is 0 Å². The van der Waals surface area contributed by atoms with Crippen LogP contribution in [0.5, 0.6) is 0 Å². The summed E-state index contributed by atoms with van der Waals surface area (Å²) < 4.78 is 0. The van der Waals surface area contributed by atoms with Crippen LogP contribution in [0.3, 0.4) is 0 Å². The first-order valence-corrected chi connectivity index (χ1v) is 9.66. The second-order valence-corrected chi connectivity index (χ2v) is 7.35. The number of nitrogens with one attached hydrogen (secondary N) is 1. The van der Waals surface area contributed by atoms with Gasteiger partial charge in [-0.25, -0.2) is 14.8 Å². The van der Waals surface area contributed by atoms with Gasteiger partial charge in [0.2, 0.25) is 0 Å². The molecule has 0 bridgehead atoms. The molecule has 1 aromatic heterocycles. The zero-order chi connectivity index (χ0) is 17.1. The predicted octanol–water partition coefficient (Wildman–Crippen LogP) is 2.17. The number of anilines is 2. The molecule has 3 aliphatic rings. The summed E-state index contributed by atoms with van der Waals surface area (Å²) in [7, 11) is 0. The Morgan fingerprint density at radius 2 is 1.68 bits per heavy atom. The number of piperazine rings is 1. The molecule has 25 heavy (non-hydrogen) atoms. The Hall–Kier alpha value is -1.89. The number of aromatic nitrogens is 2. The summed E-state index contributed by atoms with van der Waals surface area (Å²) >= 11 is 0. The number of urea groups is 1. The van der Waals surface area contributed by atoms with Gasteiger partial charge in [0, 0.05) is 51.4 Å². The number of hydrogen-bond donors (Lipinski definition) is 1. The lowest BCUT2D eigenvalue weighted by Gasteiger charge is -2.38. The van der Waals surface area contributed by atoms with Crippen molar-refractivity contribution in [3.8, 4) is 0 Å². The highest BCUT2D eigenvalue weighted by Gasteiger charge is 2.26. The maximum Gasteiger partial charge on any atom is 0.323 e. The first-order chi connectivity index (χ1) is 12.3. The summed E-state index contributed by atoms with van der Waals surface area (Å²) in [6.07, 6.45) is 9.23. The number of nitrogens with zero attached hydrogens (tertiary/aromatic N) is 5. The van der Waals surface area contributed by atoms with Crippen molar-refractivity contribution in [1.29, 1.82) is 0 Å². The average Bonchev–Trinajstić information content (AvgIpc) is 3.36. The van der Waals surface area contributed by atoms with Gasteiger partial charge in [-0.3, -0.25) is 10.2 Å². The Balaban J connectivity index is 1.34. The van der Waals surface area contributed by atoms with Gasteiger partial charge in [0.1, 0.15) is 18.0 Å². The Bertz CT molecular complexity index is 589. The minimum Gasteiger partial charge on any atom is -0.354 e. The summed E-state index contributed by atoms with van der Waals surface area (Å²) in [6.45, 7) is 5.87. The molecule has 136 valence electrons. The maximum absolute atomic E-state index is 12.2. The van der Waals surface area contributed by atoms with E-state index in [9.17, 15) is 4.79 Å². The molecular formula is C18H28N6O. The van der Waals surface area contributed by atoms with E-state index in [4.69, 9.17) is 0 Å². The fourth-order valence-corrected chi connectivity index (χ4v) is 4.28. The quantitative estimate of drug-likeness (QED) is 0.910. The maximum atomic E-state index is 12.2. The molecular weight excluding hydrogens is 316 g/mol. The van der Waals surface area contributed by atoms with Crippen LogP contribution >= 0.6 is 0 Å². The average molecular weight is 344 g/mol. The van der Waals surface area contributed by atoms with Crippen molar-refractivity contribution in [2.45, 2.75) is 44.6 Å². The van der Waals surface area contributed by atoms with Gasteiger partial charge in [-0.15, -0.1) is 0 Å². The Morgan fingerprint density at radius 3 is 2.40 bits per heavy atom. The number of hydrogen-bond acceptors (Lipinski definition) is 5. The molecule has 4 rings (SSSR count). The second-order valence-electron chi connectivity index (χ2n) is 7.35. The Morgan fingerprint density at radius 1 is 0.960 bits per heavy atom. The highest BCUT2D eigenvalue weighted by atomic mass is 16.2. The van der Waals surface area contributed by atoms with E-state index in [2.05, 4.69) is 25.1 Å². The van der Waals surface area contributed by atoms with Crippen LogP contribution in [0.2, 0.25) is 0 Å². The smallest absolute Gasteiger partial charge is 0.323 e. The van der Waals surface area contributed by atoms with Crippen molar-refractivity contribution in [1.82, 2.24) is 19.8 Å². The zero-order valence-corrected chi connectivity index (χ0v) is 14.9. The largest absolute Gasteiger partial charge is 0.354 e. The van der Waals surface area contributed by atoms with Crippen molar-refractivity contribution < 1.29 is 4.79 Å². The lowest BCUT2D eigenvalue weighted by Crippen LogP contribution is -2.50. The number of rotatable bonds is 3. The normalized spacial score (nSPS) is 22.6. The van der Waals surface area contributed by atoms with E-state index in [1.807, 2.05) is 11.0 Å². The van der Waals surface area contributed by atoms with Crippen molar-refractivity contribution in [3.05, 3.63) is 12.4 Å². The Kier molecular flexibility index (Phi) is 5.01. The molecule has 0 atom stereocenters. The van der Waals surface area contributed by atoms with Gasteiger partial charge < -0.3 is 9.80 Å². The number of amides is 2. The molecule has 0 aromatic carbocycles. The van der Waals surface area contributed by atoms with E-state index >= 15 is 0 Å². The SMILES string of the molecule is O=C(Nc1cc(N2CCN(C3CCCC3)CC2)ncn1)N1CCCC1. The summed E-state index contributed by atoms with van der Waals surface area (Å²) in [5, 5.41) is 2.92. The van der Waals surface area contributed by atoms with Crippen molar-refractivity contribution in [2.24, 2.45) is 0 Å². The van der Waals surface area contributed by atoms with Crippen LogP contribution in [0, 0.1) is 0 Å². The zero-order valence-electron chi connectivity index (χ0n) is 14.9. The molecule has 0 radical (unpaired) electrons. The Labute approximate surface area is 149 Å². The molecule has 2 amide bonds. The third kappa shape index (κ3) is 3.86. The van der Waals surface area contributed by atoms with Crippen LogP contribution in [0.15, 0.2) is 12.4 Å². The molecule has 1 aliphatic carbocycles. The molecule has 1 N–H and O–H groups in total. The van der Waals surface area contributed by atoms with E-state index in [1.54, 1.807) is 6.33 Å². The van der Waals surface area contributed by atoms with Crippen LogP contribution in [-0.2, 0) is 0 Å². The number of carbonyl (C=O) groups excluding carboxylic acids is 1. The van der Waals surface area contributed by atoms with Gasteiger partial charge in [0.05, 0.1) is 0 Å². The molecule has 7 heteroatoms. The fourth-order valence-electron chi connectivity index (χ4n) is 4.28. The molecule has 0 spiro atoms.